The summed E-state index contributed by atoms with van der Waals surface area (Å²) in [6.45, 7) is 3.63. The van der Waals surface area contributed by atoms with Crippen LogP contribution in [0.3, 0.4) is 0 Å². The predicted octanol–water partition coefficient (Wildman–Crippen LogP) is 1.33. The molecule has 0 fully saturated rings. The summed E-state index contributed by atoms with van der Waals surface area (Å²) in [5.41, 5.74) is -0.460. The summed E-state index contributed by atoms with van der Waals surface area (Å²) in [5, 5.41) is 9.20. The van der Waals surface area contributed by atoms with Gasteiger partial charge in [0.2, 0.25) is 0 Å². The molecule has 0 spiro atoms. The van der Waals surface area contributed by atoms with E-state index >= 15 is 0 Å². The zero-order valence-corrected chi connectivity index (χ0v) is 9.06. The molecule has 0 saturated carbocycles. The molecule has 1 N–H and O–H groups in total. The quantitative estimate of drug-likeness (QED) is 0.581. The summed E-state index contributed by atoms with van der Waals surface area (Å²) in [6.07, 6.45) is 0.733. The van der Waals surface area contributed by atoms with Gasteiger partial charge in [0.15, 0.2) is 0 Å². The van der Waals surface area contributed by atoms with Crippen LogP contribution in [0.2, 0.25) is 0 Å². The summed E-state index contributed by atoms with van der Waals surface area (Å²) in [7, 11) is 0. The third-order valence-electron chi connectivity index (χ3n) is 1.60. The van der Waals surface area contributed by atoms with Crippen LogP contribution < -0.4 is 0 Å². The number of carbonyl (C=O) groups excluding carboxylic acids is 1. The molecule has 0 amide bonds. The van der Waals surface area contributed by atoms with Crippen molar-refractivity contribution in [2.75, 3.05) is 18.5 Å². The molecule has 0 rings (SSSR count). The van der Waals surface area contributed by atoms with Crippen molar-refractivity contribution in [2.24, 2.45) is 5.41 Å². The fourth-order valence-electron chi connectivity index (χ4n) is 0.672. The molecular weight excluding hydrogens is 224 g/mol. The second-order valence-corrected chi connectivity index (χ2v) is 3.98. The van der Waals surface area contributed by atoms with Crippen molar-refractivity contribution >= 4 is 21.9 Å². The van der Waals surface area contributed by atoms with Gasteiger partial charge >= 0.3 is 5.97 Å². The van der Waals surface area contributed by atoms with Crippen LogP contribution in [0.4, 0.5) is 0 Å². The Labute approximate surface area is 81.2 Å². The fraction of sp³-hybridized carbons (Fsp3) is 0.875. The standard InChI is InChI=1S/C8H15BrO3/c1-8(2,3-4-9)7(11)12-6-5-10/h10H,3-6H2,1-2H3. The molecule has 0 aromatic carbocycles. The van der Waals surface area contributed by atoms with Gasteiger partial charge in [-0.3, -0.25) is 4.79 Å². The van der Waals surface area contributed by atoms with Crippen molar-refractivity contribution < 1.29 is 14.6 Å². The molecule has 0 aliphatic heterocycles. The molecule has 0 heterocycles. The number of hydrogen-bond donors (Lipinski definition) is 1. The Morgan fingerprint density at radius 3 is 2.58 bits per heavy atom. The van der Waals surface area contributed by atoms with Gasteiger partial charge in [0.05, 0.1) is 12.0 Å². The number of rotatable bonds is 5. The number of ether oxygens (including phenoxy) is 1. The summed E-state index contributed by atoms with van der Waals surface area (Å²) in [4.78, 5) is 11.3. The first-order chi connectivity index (χ1) is 5.54. The summed E-state index contributed by atoms with van der Waals surface area (Å²) < 4.78 is 4.80. The van der Waals surface area contributed by atoms with Gasteiger partial charge in [-0.15, -0.1) is 0 Å². The summed E-state index contributed by atoms with van der Waals surface area (Å²) in [5.74, 6) is -0.254. The van der Waals surface area contributed by atoms with E-state index in [1.165, 1.54) is 0 Å². The Bertz CT molecular complexity index is 145. The Kier molecular flexibility index (Phi) is 5.50. The average molecular weight is 239 g/mol. The van der Waals surface area contributed by atoms with Crippen LogP contribution in [-0.4, -0.2) is 29.6 Å². The van der Waals surface area contributed by atoms with E-state index in [-0.39, 0.29) is 19.2 Å². The highest BCUT2D eigenvalue weighted by atomic mass is 79.9. The predicted molar refractivity (Wildman–Crippen MR) is 50.2 cm³/mol. The van der Waals surface area contributed by atoms with Crippen LogP contribution in [-0.2, 0) is 9.53 Å². The van der Waals surface area contributed by atoms with Crippen LogP contribution >= 0.6 is 15.9 Å². The van der Waals surface area contributed by atoms with Gasteiger partial charge in [-0.2, -0.15) is 0 Å². The first-order valence-corrected chi connectivity index (χ1v) is 5.01. The minimum absolute atomic E-state index is 0.0878. The molecule has 0 aromatic rings. The number of aliphatic hydroxyl groups is 1. The maximum Gasteiger partial charge on any atom is 0.311 e. The van der Waals surface area contributed by atoms with Crippen LogP contribution in [0, 0.1) is 5.41 Å². The molecule has 0 aliphatic carbocycles. The SMILES string of the molecule is CC(C)(CCBr)C(=O)OCCO. The third kappa shape index (κ3) is 4.07. The van der Waals surface area contributed by atoms with E-state index < -0.39 is 5.41 Å². The van der Waals surface area contributed by atoms with E-state index in [9.17, 15) is 4.79 Å². The smallest absolute Gasteiger partial charge is 0.311 e. The van der Waals surface area contributed by atoms with Gasteiger partial charge in [0.25, 0.3) is 0 Å². The summed E-state index contributed by atoms with van der Waals surface area (Å²) in [6, 6.07) is 0. The van der Waals surface area contributed by atoms with Crippen LogP contribution in [0.5, 0.6) is 0 Å². The Balaban J connectivity index is 3.88. The van der Waals surface area contributed by atoms with E-state index in [1.54, 1.807) is 0 Å². The van der Waals surface area contributed by atoms with Gasteiger partial charge in [0.1, 0.15) is 6.61 Å². The first-order valence-electron chi connectivity index (χ1n) is 3.88. The Morgan fingerprint density at radius 1 is 1.58 bits per heavy atom. The highest BCUT2D eigenvalue weighted by Crippen LogP contribution is 2.22. The number of hydrogen-bond acceptors (Lipinski definition) is 3. The van der Waals surface area contributed by atoms with Crippen LogP contribution in [0.25, 0.3) is 0 Å². The van der Waals surface area contributed by atoms with Crippen molar-refractivity contribution in [1.82, 2.24) is 0 Å². The number of aliphatic hydroxyl groups excluding tert-OH is 1. The molecule has 0 saturated heterocycles. The minimum Gasteiger partial charge on any atom is -0.463 e. The Hall–Kier alpha value is -0.0900. The van der Waals surface area contributed by atoms with E-state index in [0.29, 0.717) is 0 Å². The summed E-state index contributed by atoms with van der Waals surface area (Å²) >= 11 is 3.26. The maximum absolute atomic E-state index is 11.3. The maximum atomic E-state index is 11.3. The molecule has 0 bridgehead atoms. The zero-order chi connectivity index (χ0) is 9.61. The van der Waals surface area contributed by atoms with Crippen molar-refractivity contribution in [3.63, 3.8) is 0 Å². The Morgan fingerprint density at radius 2 is 2.17 bits per heavy atom. The zero-order valence-electron chi connectivity index (χ0n) is 7.47. The van der Waals surface area contributed by atoms with E-state index in [0.717, 1.165) is 11.8 Å². The second kappa shape index (κ2) is 5.54. The molecule has 72 valence electrons. The van der Waals surface area contributed by atoms with E-state index in [1.807, 2.05) is 13.8 Å². The molecule has 0 aromatic heterocycles. The molecule has 3 nitrogen and oxygen atoms in total. The lowest BCUT2D eigenvalue weighted by molar-refractivity contribution is -0.155. The van der Waals surface area contributed by atoms with Gasteiger partial charge in [-0.1, -0.05) is 15.9 Å². The van der Waals surface area contributed by atoms with Gasteiger partial charge in [-0.05, 0) is 20.3 Å². The van der Waals surface area contributed by atoms with Crippen molar-refractivity contribution in [2.45, 2.75) is 20.3 Å². The van der Waals surface area contributed by atoms with Gasteiger partial charge in [-0.25, -0.2) is 0 Å². The van der Waals surface area contributed by atoms with Gasteiger partial charge in [0, 0.05) is 5.33 Å². The van der Waals surface area contributed by atoms with Crippen molar-refractivity contribution in [3.05, 3.63) is 0 Å². The topological polar surface area (TPSA) is 46.5 Å². The first kappa shape index (κ1) is 11.9. The molecular formula is C8H15BrO3. The lowest BCUT2D eigenvalue weighted by atomic mass is 9.91. The average Bonchev–Trinajstić information content (AvgIpc) is 2.00. The monoisotopic (exact) mass is 238 g/mol. The normalized spacial score (nSPS) is 11.3. The molecule has 12 heavy (non-hydrogen) atoms. The van der Waals surface area contributed by atoms with Crippen LogP contribution in [0.15, 0.2) is 0 Å². The molecule has 0 unspecified atom stereocenters. The molecule has 0 aliphatic rings. The lowest BCUT2D eigenvalue weighted by Crippen LogP contribution is -2.27. The van der Waals surface area contributed by atoms with E-state index in [2.05, 4.69) is 15.9 Å². The highest BCUT2D eigenvalue weighted by molar-refractivity contribution is 9.09. The fourth-order valence-corrected chi connectivity index (χ4v) is 1.66. The van der Waals surface area contributed by atoms with Gasteiger partial charge < -0.3 is 9.84 Å². The molecule has 4 heteroatoms. The number of carbonyl (C=O) groups is 1. The number of halogens is 1. The highest BCUT2D eigenvalue weighted by Gasteiger charge is 2.28. The van der Waals surface area contributed by atoms with E-state index in [4.69, 9.17) is 9.84 Å². The number of esters is 1. The van der Waals surface area contributed by atoms with Crippen molar-refractivity contribution in [3.8, 4) is 0 Å². The largest absolute Gasteiger partial charge is 0.463 e. The molecule has 0 radical (unpaired) electrons. The lowest BCUT2D eigenvalue weighted by Gasteiger charge is -2.20. The van der Waals surface area contributed by atoms with Crippen LogP contribution in [0.1, 0.15) is 20.3 Å². The molecule has 0 atom stereocenters. The second-order valence-electron chi connectivity index (χ2n) is 3.18. The minimum atomic E-state index is -0.460. The number of alkyl halides is 1. The van der Waals surface area contributed by atoms with Crippen molar-refractivity contribution in [1.29, 1.82) is 0 Å². The third-order valence-corrected chi connectivity index (χ3v) is 1.99.